The molecule has 1 saturated heterocycles. The molecule has 2 aliphatic heterocycles. The highest BCUT2D eigenvalue weighted by molar-refractivity contribution is 5.82. The van der Waals surface area contributed by atoms with Gasteiger partial charge in [-0.2, -0.15) is 0 Å². The van der Waals surface area contributed by atoms with E-state index in [9.17, 15) is 4.79 Å². The van der Waals surface area contributed by atoms with Crippen LogP contribution in [0.15, 0.2) is 18.2 Å². The molecule has 0 saturated carbocycles. The molecule has 6 heteroatoms. The van der Waals surface area contributed by atoms with Crippen LogP contribution in [0.25, 0.3) is 0 Å². The molecule has 24 heavy (non-hydrogen) atoms. The SMILES string of the molecule is CC[C@H](C)[C@H](N)C(=O)N1CCN(Cc2ccc3c(c2)OCO3)CC1. The fraction of sp³-hybridized carbons (Fsp3) is 0.611. The molecular weight excluding hydrogens is 306 g/mol. The average molecular weight is 333 g/mol. The predicted octanol–water partition coefficient (Wildman–Crippen LogP) is 1.43. The molecule has 132 valence electrons. The van der Waals surface area contributed by atoms with Crippen LogP contribution in [-0.2, 0) is 11.3 Å². The van der Waals surface area contributed by atoms with E-state index in [1.807, 2.05) is 24.0 Å². The summed E-state index contributed by atoms with van der Waals surface area (Å²) in [6.07, 6.45) is 0.928. The van der Waals surface area contributed by atoms with Gasteiger partial charge in [-0.3, -0.25) is 9.69 Å². The molecule has 0 aromatic heterocycles. The largest absolute Gasteiger partial charge is 0.454 e. The first-order valence-corrected chi connectivity index (χ1v) is 8.73. The Bertz CT molecular complexity index is 585. The standard InChI is InChI=1S/C18H27N3O3/c1-3-13(2)17(19)18(22)21-8-6-20(7-9-21)11-14-4-5-15-16(10-14)24-12-23-15/h4-5,10,13,17H,3,6-9,11-12,19H2,1-2H3/t13-,17-/m0/s1. The van der Waals surface area contributed by atoms with Crippen LogP contribution in [0.5, 0.6) is 11.5 Å². The van der Waals surface area contributed by atoms with Gasteiger partial charge in [0.15, 0.2) is 11.5 Å². The number of nitrogens with zero attached hydrogens (tertiary/aromatic N) is 2. The third-order valence-corrected chi connectivity index (χ3v) is 5.07. The van der Waals surface area contributed by atoms with E-state index >= 15 is 0 Å². The van der Waals surface area contributed by atoms with E-state index in [0.717, 1.165) is 50.6 Å². The van der Waals surface area contributed by atoms with Crippen LogP contribution in [0, 0.1) is 5.92 Å². The Labute approximate surface area is 143 Å². The molecule has 2 N–H and O–H groups in total. The molecule has 1 amide bonds. The molecule has 0 spiro atoms. The molecule has 1 aromatic carbocycles. The molecule has 2 atom stereocenters. The van der Waals surface area contributed by atoms with Gasteiger partial charge in [0.1, 0.15) is 0 Å². The number of carbonyl (C=O) groups excluding carboxylic acids is 1. The Hall–Kier alpha value is -1.79. The lowest BCUT2D eigenvalue weighted by atomic mass is 9.98. The van der Waals surface area contributed by atoms with Crippen molar-refractivity contribution in [2.45, 2.75) is 32.9 Å². The highest BCUT2D eigenvalue weighted by Crippen LogP contribution is 2.32. The second-order valence-electron chi connectivity index (χ2n) is 6.70. The number of fused-ring (bicyclic) bond motifs is 1. The second-order valence-corrected chi connectivity index (χ2v) is 6.70. The lowest BCUT2D eigenvalue weighted by molar-refractivity contribution is -0.135. The quantitative estimate of drug-likeness (QED) is 0.883. The number of hydrogen-bond acceptors (Lipinski definition) is 5. The van der Waals surface area contributed by atoms with Crippen LogP contribution >= 0.6 is 0 Å². The minimum Gasteiger partial charge on any atom is -0.454 e. The van der Waals surface area contributed by atoms with E-state index in [1.165, 1.54) is 5.56 Å². The first kappa shape index (κ1) is 17.0. The van der Waals surface area contributed by atoms with Crippen molar-refractivity contribution in [2.24, 2.45) is 11.7 Å². The Morgan fingerprint density at radius 3 is 2.62 bits per heavy atom. The molecule has 1 aromatic rings. The van der Waals surface area contributed by atoms with E-state index < -0.39 is 0 Å². The summed E-state index contributed by atoms with van der Waals surface area (Å²) in [7, 11) is 0. The van der Waals surface area contributed by atoms with E-state index in [-0.39, 0.29) is 17.9 Å². The van der Waals surface area contributed by atoms with Crippen molar-refractivity contribution >= 4 is 5.91 Å². The first-order valence-electron chi connectivity index (χ1n) is 8.73. The zero-order valence-corrected chi connectivity index (χ0v) is 14.5. The van der Waals surface area contributed by atoms with E-state index in [1.54, 1.807) is 0 Å². The number of ether oxygens (including phenoxy) is 2. The topological polar surface area (TPSA) is 68.0 Å². The summed E-state index contributed by atoms with van der Waals surface area (Å²) in [5.74, 6) is 1.95. The maximum Gasteiger partial charge on any atom is 0.239 e. The van der Waals surface area contributed by atoms with Crippen LogP contribution in [0.1, 0.15) is 25.8 Å². The molecule has 2 aliphatic rings. The molecule has 0 unspecified atom stereocenters. The fourth-order valence-corrected chi connectivity index (χ4v) is 3.13. The van der Waals surface area contributed by atoms with Gasteiger partial charge in [0, 0.05) is 32.7 Å². The molecule has 0 bridgehead atoms. The van der Waals surface area contributed by atoms with Crippen molar-refractivity contribution in [3.05, 3.63) is 23.8 Å². The van der Waals surface area contributed by atoms with Crippen LogP contribution in [0.2, 0.25) is 0 Å². The molecule has 1 fully saturated rings. The van der Waals surface area contributed by atoms with Crippen molar-refractivity contribution in [3.63, 3.8) is 0 Å². The fourth-order valence-electron chi connectivity index (χ4n) is 3.13. The minimum absolute atomic E-state index is 0.0899. The highest BCUT2D eigenvalue weighted by atomic mass is 16.7. The lowest BCUT2D eigenvalue weighted by Crippen LogP contribution is -2.54. The normalized spacial score (nSPS) is 20.0. The highest BCUT2D eigenvalue weighted by Gasteiger charge is 2.28. The second kappa shape index (κ2) is 7.40. The molecular formula is C18H27N3O3. The summed E-state index contributed by atoms with van der Waals surface area (Å²) in [6.45, 7) is 8.49. The summed E-state index contributed by atoms with van der Waals surface area (Å²) in [5, 5.41) is 0. The van der Waals surface area contributed by atoms with Crippen molar-refractivity contribution in [1.29, 1.82) is 0 Å². The Morgan fingerprint density at radius 2 is 1.92 bits per heavy atom. The first-order chi connectivity index (χ1) is 11.6. The van der Waals surface area contributed by atoms with Gasteiger partial charge >= 0.3 is 0 Å². The third kappa shape index (κ3) is 3.65. The lowest BCUT2D eigenvalue weighted by Gasteiger charge is -2.36. The van der Waals surface area contributed by atoms with Crippen molar-refractivity contribution in [2.75, 3.05) is 33.0 Å². The number of nitrogens with two attached hydrogens (primary N) is 1. The maximum absolute atomic E-state index is 12.4. The molecule has 3 rings (SSSR count). The number of hydrogen-bond donors (Lipinski definition) is 1. The van der Waals surface area contributed by atoms with Crippen LogP contribution in [-0.4, -0.2) is 54.7 Å². The summed E-state index contributed by atoms with van der Waals surface area (Å²) in [4.78, 5) is 16.7. The van der Waals surface area contributed by atoms with Crippen molar-refractivity contribution in [3.8, 4) is 11.5 Å². The predicted molar refractivity (Wildman–Crippen MR) is 91.9 cm³/mol. The van der Waals surface area contributed by atoms with Gasteiger partial charge in [0.2, 0.25) is 12.7 Å². The number of piperazine rings is 1. The van der Waals surface area contributed by atoms with Gasteiger partial charge in [-0.15, -0.1) is 0 Å². The Kier molecular flexibility index (Phi) is 5.26. The summed E-state index contributed by atoms with van der Waals surface area (Å²) in [5.41, 5.74) is 7.29. The monoisotopic (exact) mass is 333 g/mol. The average Bonchev–Trinajstić information content (AvgIpc) is 3.08. The molecule has 6 nitrogen and oxygen atoms in total. The molecule has 0 radical (unpaired) electrons. The number of carbonyl (C=O) groups is 1. The van der Waals surface area contributed by atoms with E-state index in [2.05, 4.69) is 17.9 Å². The number of rotatable bonds is 5. The van der Waals surface area contributed by atoms with Gasteiger partial charge in [-0.25, -0.2) is 0 Å². The number of benzene rings is 1. The molecule has 2 heterocycles. The Balaban J connectivity index is 1.51. The maximum atomic E-state index is 12.4. The van der Waals surface area contributed by atoms with E-state index in [0.29, 0.717) is 6.79 Å². The van der Waals surface area contributed by atoms with Gasteiger partial charge in [-0.1, -0.05) is 26.3 Å². The summed E-state index contributed by atoms with van der Waals surface area (Å²) < 4.78 is 10.8. The van der Waals surface area contributed by atoms with Crippen LogP contribution in [0.3, 0.4) is 0 Å². The Morgan fingerprint density at radius 1 is 1.21 bits per heavy atom. The van der Waals surface area contributed by atoms with Crippen molar-refractivity contribution < 1.29 is 14.3 Å². The van der Waals surface area contributed by atoms with Crippen LogP contribution < -0.4 is 15.2 Å². The van der Waals surface area contributed by atoms with Crippen molar-refractivity contribution in [1.82, 2.24) is 9.80 Å². The van der Waals surface area contributed by atoms with Gasteiger partial charge in [0.25, 0.3) is 0 Å². The third-order valence-electron chi connectivity index (χ3n) is 5.07. The number of amides is 1. The van der Waals surface area contributed by atoms with Crippen LogP contribution in [0.4, 0.5) is 0 Å². The van der Waals surface area contributed by atoms with E-state index in [4.69, 9.17) is 15.2 Å². The van der Waals surface area contributed by atoms with Gasteiger partial charge in [0.05, 0.1) is 6.04 Å². The zero-order valence-electron chi connectivity index (χ0n) is 14.5. The minimum atomic E-state index is -0.379. The zero-order chi connectivity index (χ0) is 17.1. The summed E-state index contributed by atoms with van der Waals surface area (Å²) in [6, 6.07) is 5.70. The smallest absolute Gasteiger partial charge is 0.239 e. The van der Waals surface area contributed by atoms with Gasteiger partial charge in [-0.05, 0) is 23.6 Å². The van der Waals surface area contributed by atoms with Gasteiger partial charge < -0.3 is 20.1 Å². The summed E-state index contributed by atoms with van der Waals surface area (Å²) >= 11 is 0. The molecule has 0 aliphatic carbocycles.